The lowest BCUT2D eigenvalue weighted by Gasteiger charge is -2.37. The van der Waals surface area contributed by atoms with Gasteiger partial charge in [0.25, 0.3) is 0 Å². The zero-order valence-corrected chi connectivity index (χ0v) is 11.2. The summed E-state index contributed by atoms with van der Waals surface area (Å²) in [6.45, 7) is 11.7. The van der Waals surface area contributed by atoms with E-state index in [-0.39, 0.29) is 0 Å². The Labute approximate surface area is 101 Å². The van der Waals surface area contributed by atoms with Crippen LogP contribution in [0.1, 0.15) is 46.0 Å². The molecule has 0 radical (unpaired) electrons. The van der Waals surface area contributed by atoms with Crippen LogP contribution in [0.5, 0.6) is 0 Å². The number of hydrogen-bond acceptors (Lipinski definition) is 0. The second-order valence-corrected chi connectivity index (χ2v) is 5.89. The Hall–Kier alpha value is -0.0800. The average Bonchev–Trinajstić information content (AvgIpc) is 2.39. The number of quaternary nitrogens is 2. The molecule has 2 fully saturated rings. The fourth-order valence-corrected chi connectivity index (χ4v) is 3.67. The van der Waals surface area contributed by atoms with E-state index >= 15 is 0 Å². The highest BCUT2D eigenvalue weighted by molar-refractivity contribution is 4.71. The van der Waals surface area contributed by atoms with E-state index < -0.39 is 0 Å². The second kappa shape index (κ2) is 6.02. The highest BCUT2D eigenvalue weighted by atomic mass is 15.3. The van der Waals surface area contributed by atoms with Crippen molar-refractivity contribution >= 4 is 0 Å². The molecule has 1 aliphatic carbocycles. The summed E-state index contributed by atoms with van der Waals surface area (Å²) in [6, 6.07) is 1.02. The normalized spacial score (nSPS) is 40.9. The third-order valence-electron chi connectivity index (χ3n) is 5.10. The number of likely N-dealkylation sites (N-methyl/N-ethyl adjacent to an activating group) is 1. The fraction of sp³-hybridized carbons (Fsp3) is 1.00. The standard InChI is InChI=1S/C14H28N2/c1-3-13-5-7-14(8-6-13)16-11-9-15(4-2)10-12-16/h13-14H,3-12H2,1-2H3/p+2. The predicted octanol–water partition coefficient (Wildman–Crippen LogP) is -0.241. The van der Waals surface area contributed by atoms with Crippen LogP contribution in [0.25, 0.3) is 0 Å². The van der Waals surface area contributed by atoms with Crippen LogP contribution in [0.4, 0.5) is 0 Å². The summed E-state index contributed by atoms with van der Waals surface area (Å²) in [5.41, 5.74) is 0. The molecule has 1 aliphatic heterocycles. The van der Waals surface area contributed by atoms with Crippen molar-refractivity contribution in [2.24, 2.45) is 5.92 Å². The van der Waals surface area contributed by atoms with Gasteiger partial charge in [0.15, 0.2) is 0 Å². The van der Waals surface area contributed by atoms with E-state index in [9.17, 15) is 0 Å². The first kappa shape index (κ1) is 12.4. The van der Waals surface area contributed by atoms with Gasteiger partial charge < -0.3 is 9.80 Å². The molecule has 1 saturated heterocycles. The number of hydrogen-bond donors (Lipinski definition) is 2. The van der Waals surface area contributed by atoms with E-state index in [0.29, 0.717) is 0 Å². The maximum atomic E-state index is 2.36. The average molecular weight is 226 g/mol. The van der Waals surface area contributed by atoms with Gasteiger partial charge in [0.05, 0.1) is 12.6 Å². The van der Waals surface area contributed by atoms with Crippen LogP contribution in [-0.4, -0.2) is 38.8 Å². The first-order valence-electron chi connectivity index (χ1n) is 7.51. The SMILES string of the molecule is CCC1CCC([NH+]2CC[NH+](CC)CC2)CC1. The Balaban J connectivity index is 1.73. The van der Waals surface area contributed by atoms with E-state index in [1.165, 1.54) is 64.8 Å². The van der Waals surface area contributed by atoms with Crippen LogP contribution < -0.4 is 9.80 Å². The summed E-state index contributed by atoms with van der Waals surface area (Å²) in [6.07, 6.45) is 7.45. The largest absolute Gasteiger partial charge is 0.326 e. The molecule has 16 heavy (non-hydrogen) atoms. The van der Waals surface area contributed by atoms with Gasteiger partial charge in [-0.05, 0) is 38.5 Å². The Kier molecular flexibility index (Phi) is 4.66. The van der Waals surface area contributed by atoms with Gasteiger partial charge >= 0.3 is 0 Å². The van der Waals surface area contributed by atoms with Gasteiger partial charge in [0, 0.05) is 0 Å². The highest BCUT2D eigenvalue weighted by Crippen LogP contribution is 2.25. The molecular formula is C14H30N2+2. The van der Waals surface area contributed by atoms with Crippen LogP contribution >= 0.6 is 0 Å². The van der Waals surface area contributed by atoms with Crippen LogP contribution in [-0.2, 0) is 0 Å². The van der Waals surface area contributed by atoms with Gasteiger partial charge in [-0.15, -0.1) is 0 Å². The lowest BCUT2D eigenvalue weighted by molar-refractivity contribution is -1.02. The molecule has 0 aromatic carbocycles. The number of rotatable bonds is 3. The highest BCUT2D eigenvalue weighted by Gasteiger charge is 2.31. The lowest BCUT2D eigenvalue weighted by atomic mass is 9.84. The molecule has 0 amide bonds. The summed E-state index contributed by atoms with van der Waals surface area (Å²) in [5.74, 6) is 1.05. The fourth-order valence-electron chi connectivity index (χ4n) is 3.67. The number of piperazine rings is 1. The Morgan fingerprint density at radius 3 is 2.00 bits per heavy atom. The van der Waals surface area contributed by atoms with Crippen molar-refractivity contribution < 1.29 is 9.80 Å². The first-order chi connectivity index (χ1) is 7.83. The molecule has 0 aromatic heterocycles. The second-order valence-electron chi connectivity index (χ2n) is 5.89. The molecule has 0 unspecified atom stereocenters. The summed E-state index contributed by atoms with van der Waals surface area (Å²) >= 11 is 0. The van der Waals surface area contributed by atoms with Gasteiger partial charge in [-0.1, -0.05) is 13.3 Å². The smallest absolute Gasteiger partial charge is 0.127 e. The van der Waals surface area contributed by atoms with E-state index in [1.54, 1.807) is 0 Å². The minimum atomic E-state index is 1.02. The summed E-state index contributed by atoms with van der Waals surface area (Å²) in [5, 5.41) is 0. The lowest BCUT2D eigenvalue weighted by Crippen LogP contribution is -3.29. The van der Waals surface area contributed by atoms with Crippen molar-refractivity contribution in [2.45, 2.75) is 52.0 Å². The quantitative estimate of drug-likeness (QED) is 0.657. The maximum Gasteiger partial charge on any atom is 0.127 e. The third kappa shape index (κ3) is 2.98. The molecule has 0 aromatic rings. The van der Waals surface area contributed by atoms with E-state index in [1.807, 2.05) is 9.80 Å². The van der Waals surface area contributed by atoms with Crippen LogP contribution in [0.15, 0.2) is 0 Å². The Morgan fingerprint density at radius 2 is 1.50 bits per heavy atom. The van der Waals surface area contributed by atoms with E-state index in [0.717, 1.165) is 12.0 Å². The predicted molar refractivity (Wildman–Crippen MR) is 68.0 cm³/mol. The molecule has 2 heteroatoms. The van der Waals surface area contributed by atoms with Crippen LogP contribution in [0, 0.1) is 5.92 Å². The number of nitrogens with one attached hydrogen (secondary N) is 2. The zero-order chi connectivity index (χ0) is 11.4. The molecule has 2 aliphatic rings. The molecule has 94 valence electrons. The summed E-state index contributed by atoms with van der Waals surface area (Å²) in [4.78, 5) is 3.76. The zero-order valence-electron chi connectivity index (χ0n) is 11.2. The molecule has 2 rings (SSSR count). The Bertz CT molecular complexity index is 167. The molecule has 2 N–H and O–H groups in total. The molecule has 0 spiro atoms. The van der Waals surface area contributed by atoms with Gasteiger partial charge in [0.1, 0.15) is 26.2 Å². The van der Waals surface area contributed by atoms with Gasteiger partial charge in [-0.3, -0.25) is 0 Å². The monoisotopic (exact) mass is 226 g/mol. The third-order valence-corrected chi connectivity index (χ3v) is 5.10. The maximum absolute atomic E-state index is 2.36. The topological polar surface area (TPSA) is 8.88 Å². The van der Waals surface area contributed by atoms with Crippen molar-refractivity contribution in [2.75, 3.05) is 32.7 Å². The Morgan fingerprint density at radius 1 is 0.875 bits per heavy atom. The van der Waals surface area contributed by atoms with Crippen molar-refractivity contribution in [1.29, 1.82) is 0 Å². The summed E-state index contributed by atoms with van der Waals surface area (Å²) < 4.78 is 0. The van der Waals surface area contributed by atoms with Crippen molar-refractivity contribution in [3.8, 4) is 0 Å². The molecule has 0 atom stereocenters. The minimum Gasteiger partial charge on any atom is -0.326 e. The molecule has 0 bridgehead atoms. The van der Waals surface area contributed by atoms with Crippen LogP contribution in [0.3, 0.4) is 0 Å². The van der Waals surface area contributed by atoms with Crippen molar-refractivity contribution in [1.82, 2.24) is 0 Å². The van der Waals surface area contributed by atoms with Gasteiger partial charge in [-0.2, -0.15) is 0 Å². The minimum absolute atomic E-state index is 1.02. The molecule has 2 nitrogen and oxygen atoms in total. The van der Waals surface area contributed by atoms with Crippen molar-refractivity contribution in [3.05, 3.63) is 0 Å². The molecule has 1 saturated carbocycles. The van der Waals surface area contributed by atoms with E-state index in [4.69, 9.17) is 0 Å². The molecule has 1 heterocycles. The van der Waals surface area contributed by atoms with Gasteiger partial charge in [-0.25, -0.2) is 0 Å². The van der Waals surface area contributed by atoms with Crippen molar-refractivity contribution in [3.63, 3.8) is 0 Å². The van der Waals surface area contributed by atoms with Crippen LogP contribution in [0.2, 0.25) is 0 Å². The van der Waals surface area contributed by atoms with E-state index in [2.05, 4.69) is 13.8 Å². The molecular weight excluding hydrogens is 196 g/mol. The first-order valence-corrected chi connectivity index (χ1v) is 7.51. The summed E-state index contributed by atoms with van der Waals surface area (Å²) in [7, 11) is 0. The van der Waals surface area contributed by atoms with Gasteiger partial charge in [0.2, 0.25) is 0 Å².